The van der Waals surface area contributed by atoms with Crippen molar-refractivity contribution < 1.29 is 9.59 Å². The van der Waals surface area contributed by atoms with Crippen LogP contribution in [0.25, 0.3) is 5.52 Å². The number of aryl methyl sites for hydroxylation is 1. The van der Waals surface area contributed by atoms with E-state index < -0.39 is 0 Å². The first-order valence-corrected chi connectivity index (χ1v) is 9.12. The van der Waals surface area contributed by atoms with E-state index in [4.69, 9.17) is 0 Å². The molecule has 0 spiro atoms. The number of benzene rings is 1. The Kier molecular flexibility index (Phi) is 5.54. The maximum Gasteiger partial charge on any atom is 0.287 e. The zero-order chi connectivity index (χ0) is 19.4. The van der Waals surface area contributed by atoms with Crippen LogP contribution < -0.4 is 10.6 Å². The molecule has 1 atom stereocenters. The number of aromatic nitrogens is 2. The third-order valence-electron chi connectivity index (χ3n) is 4.66. The Hall–Kier alpha value is -3.15. The predicted molar refractivity (Wildman–Crippen MR) is 105 cm³/mol. The third kappa shape index (κ3) is 4.00. The van der Waals surface area contributed by atoms with Gasteiger partial charge in [0.25, 0.3) is 11.8 Å². The lowest BCUT2D eigenvalue weighted by Gasteiger charge is -2.10. The molecule has 0 saturated heterocycles. The van der Waals surface area contributed by atoms with Crippen LogP contribution in [0, 0.1) is 6.92 Å². The average Bonchev–Trinajstić information content (AvgIpc) is 3.07. The summed E-state index contributed by atoms with van der Waals surface area (Å²) in [4.78, 5) is 29.7. The molecule has 2 N–H and O–H groups in total. The zero-order valence-corrected chi connectivity index (χ0v) is 15.8. The van der Waals surface area contributed by atoms with E-state index in [0.717, 1.165) is 17.5 Å². The highest BCUT2D eigenvalue weighted by Gasteiger charge is 2.22. The smallest absolute Gasteiger partial charge is 0.287 e. The van der Waals surface area contributed by atoms with E-state index in [1.807, 2.05) is 57.2 Å². The second-order valence-electron chi connectivity index (χ2n) is 6.63. The molecule has 0 fully saturated rings. The van der Waals surface area contributed by atoms with E-state index in [0.29, 0.717) is 12.1 Å². The van der Waals surface area contributed by atoms with Gasteiger partial charge in [0.05, 0.1) is 5.52 Å². The standard InChI is InChI=1S/C21H24N4O2/c1-4-15(3)23-21(27)19-24-18(17-11-7-8-12-25(17)19)20(26)22-13-16-10-6-5-9-14(16)2/h5-12,15H,4,13H2,1-3H3,(H,22,26)(H,23,27). The van der Waals surface area contributed by atoms with Crippen molar-refractivity contribution in [2.45, 2.75) is 39.8 Å². The summed E-state index contributed by atoms with van der Waals surface area (Å²) in [6.45, 7) is 6.35. The molecule has 6 nitrogen and oxygen atoms in total. The van der Waals surface area contributed by atoms with Gasteiger partial charge in [-0.15, -0.1) is 0 Å². The fraction of sp³-hybridized carbons (Fsp3) is 0.286. The number of carbonyl (C=O) groups excluding carboxylic acids is 2. The summed E-state index contributed by atoms with van der Waals surface area (Å²) in [6, 6.07) is 13.3. The highest BCUT2D eigenvalue weighted by molar-refractivity contribution is 6.02. The molecule has 140 valence electrons. The van der Waals surface area contributed by atoms with Crippen LogP contribution in [-0.2, 0) is 6.54 Å². The topological polar surface area (TPSA) is 75.5 Å². The van der Waals surface area contributed by atoms with Gasteiger partial charge in [-0.2, -0.15) is 0 Å². The fourth-order valence-corrected chi connectivity index (χ4v) is 2.82. The van der Waals surface area contributed by atoms with E-state index in [2.05, 4.69) is 15.6 Å². The molecule has 0 aliphatic heterocycles. The normalized spacial score (nSPS) is 12.0. The van der Waals surface area contributed by atoms with E-state index in [1.165, 1.54) is 0 Å². The third-order valence-corrected chi connectivity index (χ3v) is 4.66. The van der Waals surface area contributed by atoms with Crippen LogP contribution in [0.5, 0.6) is 0 Å². The molecule has 0 saturated carbocycles. The summed E-state index contributed by atoms with van der Waals surface area (Å²) in [5.41, 5.74) is 3.01. The lowest BCUT2D eigenvalue weighted by molar-refractivity contribution is 0.0928. The molecule has 2 aromatic heterocycles. The van der Waals surface area contributed by atoms with Crippen LogP contribution in [0.1, 0.15) is 52.5 Å². The Morgan fingerprint density at radius 3 is 2.59 bits per heavy atom. The number of rotatable bonds is 6. The minimum Gasteiger partial charge on any atom is -0.347 e. The van der Waals surface area contributed by atoms with Gasteiger partial charge in [0.1, 0.15) is 0 Å². The van der Waals surface area contributed by atoms with Gasteiger partial charge in [0.15, 0.2) is 5.69 Å². The van der Waals surface area contributed by atoms with Gasteiger partial charge in [0.2, 0.25) is 5.82 Å². The van der Waals surface area contributed by atoms with Crippen LogP contribution in [0.15, 0.2) is 48.7 Å². The van der Waals surface area contributed by atoms with Crippen LogP contribution in [-0.4, -0.2) is 27.2 Å². The van der Waals surface area contributed by atoms with Crippen LogP contribution >= 0.6 is 0 Å². The maximum atomic E-state index is 12.7. The van der Waals surface area contributed by atoms with Gasteiger partial charge in [-0.05, 0) is 43.5 Å². The largest absolute Gasteiger partial charge is 0.347 e. The number of fused-ring (bicyclic) bond motifs is 1. The van der Waals surface area contributed by atoms with Crippen molar-refractivity contribution in [1.29, 1.82) is 0 Å². The number of hydrogen-bond donors (Lipinski definition) is 2. The molecular weight excluding hydrogens is 340 g/mol. The fourth-order valence-electron chi connectivity index (χ4n) is 2.82. The predicted octanol–water partition coefficient (Wildman–Crippen LogP) is 3.10. The SMILES string of the molecule is CCC(C)NC(=O)c1nc(C(=O)NCc2ccccc2C)c2ccccn12. The van der Waals surface area contributed by atoms with Crippen molar-refractivity contribution in [3.63, 3.8) is 0 Å². The van der Waals surface area contributed by atoms with Gasteiger partial charge in [-0.25, -0.2) is 4.98 Å². The molecule has 2 heterocycles. The van der Waals surface area contributed by atoms with Crippen molar-refractivity contribution in [2.24, 2.45) is 0 Å². The highest BCUT2D eigenvalue weighted by atomic mass is 16.2. The second-order valence-corrected chi connectivity index (χ2v) is 6.63. The Morgan fingerprint density at radius 1 is 1.11 bits per heavy atom. The summed E-state index contributed by atoms with van der Waals surface area (Å²) in [5.74, 6) is -0.375. The number of hydrogen-bond acceptors (Lipinski definition) is 3. The van der Waals surface area contributed by atoms with Gasteiger partial charge >= 0.3 is 0 Å². The van der Waals surface area contributed by atoms with Crippen LogP contribution in [0.2, 0.25) is 0 Å². The summed E-state index contributed by atoms with van der Waals surface area (Å²) in [6.07, 6.45) is 2.56. The average molecular weight is 364 g/mol. The minimum absolute atomic E-state index is 0.0342. The van der Waals surface area contributed by atoms with Gasteiger partial charge in [0, 0.05) is 18.8 Å². The second kappa shape index (κ2) is 8.03. The molecule has 2 amide bonds. The molecule has 0 aliphatic rings. The van der Waals surface area contributed by atoms with Gasteiger partial charge in [-0.1, -0.05) is 37.3 Å². The first-order valence-electron chi connectivity index (χ1n) is 9.12. The van der Waals surface area contributed by atoms with Crippen molar-refractivity contribution in [1.82, 2.24) is 20.0 Å². The molecule has 0 aliphatic carbocycles. The summed E-state index contributed by atoms with van der Waals surface area (Å²) >= 11 is 0. The molecule has 3 aromatic rings. The Morgan fingerprint density at radius 2 is 1.85 bits per heavy atom. The van der Waals surface area contributed by atoms with E-state index >= 15 is 0 Å². The summed E-state index contributed by atoms with van der Waals surface area (Å²) in [7, 11) is 0. The quantitative estimate of drug-likeness (QED) is 0.706. The number of pyridine rings is 1. The van der Waals surface area contributed by atoms with Crippen molar-refractivity contribution in [3.8, 4) is 0 Å². The number of carbonyl (C=O) groups is 2. The number of nitrogens with zero attached hydrogens (tertiary/aromatic N) is 2. The highest BCUT2D eigenvalue weighted by Crippen LogP contribution is 2.14. The van der Waals surface area contributed by atoms with Gasteiger partial charge in [-0.3, -0.25) is 14.0 Å². The van der Waals surface area contributed by atoms with Crippen molar-refractivity contribution in [3.05, 3.63) is 71.3 Å². The van der Waals surface area contributed by atoms with E-state index in [9.17, 15) is 9.59 Å². The van der Waals surface area contributed by atoms with Crippen molar-refractivity contribution in [2.75, 3.05) is 0 Å². The van der Waals surface area contributed by atoms with Crippen LogP contribution in [0.3, 0.4) is 0 Å². The molecular formula is C21H24N4O2. The summed E-state index contributed by atoms with van der Waals surface area (Å²) in [5, 5.41) is 5.81. The number of nitrogens with one attached hydrogen (secondary N) is 2. The lowest BCUT2D eigenvalue weighted by Crippen LogP contribution is -2.33. The molecule has 0 bridgehead atoms. The van der Waals surface area contributed by atoms with E-state index in [1.54, 1.807) is 16.7 Å². The van der Waals surface area contributed by atoms with Gasteiger partial charge < -0.3 is 10.6 Å². The van der Waals surface area contributed by atoms with Crippen LogP contribution in [0.4, 0.5) is 0 Å². The Labute approximate surface area is 158 Å². The molecule has 3 rings (SSSR count). The molecule has 0 radical (unpaired) electrons. The minimum atomic E-state index is -0.301. The van der Waals surface area contributed by atoms with E-state index in [-0.39, 0.29) is 29.4 Å². The first-order chi connectivity index (χ1) is 13.0. The van der Waals surface area contributed by atoms with Crippen molar-refractivity contribution >= 4 is 17.3 Å². The lowest BCUT2D eigenvalue weighted by atomic mass is 10.1. The zero-order valence-electron chi connectivity index (χ0n) is 15.8. The molecule has 1 aromatic carbocycles. The summed E-state index contributed by atoms with van der Waals surface area (Å²) < 4.78 is 1.65. The first kappa shape index (κ1) is 18.6. The molecule has 1 unspecified atom stereocenters. The maximum absolute atomic E-state index is 12.7. The Balaban J connectivity index is 1.87. The molecule has 27 heavy (non-hydrogen) atoms. The Bertz CT molecular complexity index is 977. The monoisotopic (exact) mass is 364 g/mol. The number of imidazole rings is 1. The number of amides is 2. The molecule has 6 heteroatoms.